The number of imidazole rings is 1. The Bertz CT molecular complexity index is 1110. The molecule has 0 atom stereocenters. The molecular weight excluding hydrogens is 484 g/mol. The maximum absolute atomic E-state index is 13.3. The van der Waals surface area contributed by atoms with Crippen molar-refractivity contribution in [3.8, 4) is 0 Å². The Morgan fingerprint density at radius 2 is 2.00 bits per heavy atom. The topological polar surface area (TPSA) is 51.0 Å². The molecule has 0 saturated heterocycles. The van der Waals surface area contributed by atoms with Gasteiger partial charge in [0.2, 0.25) is 0 Å². The third kappa shape index (κ3) is 4.91. The zero-order valence-corrected chi connectivity index (χ0v) is 19.7. The van der Waals surface area contributed by atoms with Crippen LogP contribution in [0.5, 0.6) is 0 Å². The summed E-state index contributed by atoms with van der Waals surface area (Å²) in [6.07, 6.45) is 7.24. The van der Waals surface area contributed by atoms with Crippen molar-refractivity contribution in [2.24, 2.45) is 0 Å². The second kappa shape index (κ2) is 10.2. The Hall–Kier alpha value is -2.22. The van der Waals surface area contributed by atoms with Gasteiger partial charge in [0.05, 0.1) is 16.5 Å². The van der Waals surface area contributed by atoms with Gasteiger partial charge in [0.25, 0.3) is 5.91 Å². The molecule has 2 heterocycles. The molecule has 0 N–H and O–H groups in total. The number of fused-ring (bicyclic) bond motifs is 1. The quantitative estimate of drug-likeness (QED) is 0.311. The molecule has 0 fully saturated rings. The van der Waals surface area contributed by atoms with Crippen molar-refractivity contribution in [2.75, 3.05) is 11.4 Å². The molecule has 30 heavy (non-hydrogen) atoms. The third-order valence-electron chi connectivity index (χ3n) is 4.80. The van der Waals surface area contributed by atoms with E-state index >= 15 is 0 Å². The van der Waals surface area contributed by atoms with Gasteiger partial charge in [-0.3, -0.25) is 9.69 Å². The highest BCUT2D eigenvalue weighted by Gasteiger charge is 2.21. The number of hydrogen-bond donors (Lipinski definition) is 0. The van der Waals surface area contributed by atoms with E-state index in [2.05, 4.69) is 46.0 Å². The number of hydrogen-bond acceptors (Lipinski definition) is 4. The molecule has 156 valence electrons. The monoisotopic (exact) mass is 504 g/mol. The van der Waals surface area contributed by atoms with E-state index in [-0.39, 0.29) is 18.3 Å². The van der Waals surface area contributed by atoms with E-state index in [1.807, 2.05) is 39.9 Å². The minimum atomic E-state index is -0.0276. The summed E-state index contributed by atoms with van der Waals surface area (Å²) in [7, 11) is 0. The Labute approximate surface area is 194 Å². The molecule has 0 unspecified atom stereocenters. The maximum atomic E-state index is 13.3. The number of nitrogens with zero attached hydrogens (tertiary/aromatic N) is 4. The number of halogens is 2. The van der Waals surface area contributed by atoms with Crippen LogP contribution in [0.15, 0.2) is 65.7 Å². The van der Waals surface area contributed by atoms with E-state index in [9.17, 15) is 4.79 Å². The Balaban J connectivity index is 0.00000256. The van der Waals surface area contributed by atoms with Gasteiger partial charge in [-0.2, -0.15) is 0 Å². The lowest BCUT2D eigenvalue weighted by molar-refractivity contribution is 0.0986. The molecule has 4 aromatic rings. The number of aryl methyl sites for hydroxylation is 2. The van der Waals surface area contributed by atoms with Crippen LogP contribution in [0.1, 0.15) is 29.3 Å². The molecule has 0 bridgehead atoms. The maximum Gasteiger partial charge on any atom is 0.260 e. The molecule has 8 heteroatoms. The van der Waals surface area contributed by atoms with Crippen molar-refractivity contribution >= 4 is 60.9 Å². The Morgan fingerprint density at radius 1 is 1.20 bits per heavy atom. The van der Waals surface area contributed by atoms with Crippen LogP contribution in [0.25, 0.3) is 10.2 Å². The van der Waals surface area contributed by atoms with E-state index in [0.29, 0.717) is 12.1 Å². The Kier molecular flexibility index (Phi) is 7.64. The van der Waals surface area contributed by atoms with Crippen molar-refractivity contribution in [2.45, 2.75) is 26.3 Å². The predicted molar refractivity (Wildman–Crippen MR) is 129 cm³/mol. The fraction of sp³-hybridized carbons (Fsp3) is 0.227. The lowest BCUT2D eigenvalue weighted by Gasteiger charge is -2.20. The zero-order chi connectivity index (χ0) is 20.2. The van der Waals surface area contributed by atoms with Crippen molar-refractivity contribution in [3.05, 3.63) is 76.8 Å². The molecule has 1 amide bonds. The molecule has 0 saturated carbocycles. The van der Waals surface area contributed by atoms with E-state index in [4.69, 9.17) is 4.98 Å². The van der Waals surface area contributed by atoms with Gasteiger partial charge in [-0.15, -0.1) is 12.4 Å². The summed E-state index contributed by atoms with van der Waals surface area (Å²) >= 11 is 5.01. The van der Waals surface area contributed by atoms with Gasteiger partial charge in [-0.1, -0.05) is 46.3 Å². The molecule has 0 aliphatic rings. The highest BCUT2D eigenvalue weighted by Crippen LogP contribution is 2.32. The summed E-state index contributed by atoms with van der Waals surface area (Å²) in [6, 6.07) is 13.7. The molecule has 5 nitrogen and oxygen atoms in total. The lowest BCUT2D eigenvalue weighted by atomic mass is 10.1. The fourth-order valence-electron chi connectivity index (χ4n) is 3.26. The van der Waals surface area contributed by atoms with Crippen molar-refractivity contribution in [3.63, 3.8) is 0 Å². The molecule has 4 rings (SSSR count). The zero-order valence-electron chi connectivity index (χ0n) is 16.5. The first kappa shape index (κ1) is 22.5. The van der Waals surface area contributed by atoms with Crippen LogP contribution in [0, 0.1) is 0 Å². The predicted octanol–water partition coefficient (Wildman–Crippen LogP) is 5.98. The normalized spacial score (nSPS) is 10.7. The number of para-hydroxylation sites is 1. The van der Waals surface area contributed by atoms with Crippen molar-refractivity contribution in [1.29, 1.82) is 0 Å². The minimum Gasteiger partial charge on any atom is -0.337 e. The van der Waals surface area contributed by atoms with Crippen LogP contribution in [0.4, 0.5) is 5.13 Å². The van der Waals surface area contributed by atoms with Gasteiger partial charge in [0.15, 0.2) is 5.13 Å². The average Bonchev–Trinajstić information content (AvgIpc) is 3.40. The highest BCUT2D eigenvalue weighted by molar-refractivity contribution is 9.10. The van der Waals surface area contributed by atoms with Gasteiger partial charge in [-0.05, 0) is 48.7 Å². The third-order valence-corrected chi connectivity index (χ3v) is 6.37. The van der Waals surface area contributed by atoms with Gasteiger partial charge < -0.3 is 4.57 Å². The molecule has 0 radical (unpaired) electrons. The number of carbonyl (C=O) groups excluding carboxylic acids is 1. The molecular formula is C22H22BrClN4OS. The number of anilines is 1. The van der Waals surface area contributed by atoms with Crippen LogP contribution in [0.3, 0.4) is 0 Å². The summed E-state index contributed by atoms with van der Waals surface area (Å²) in [4.78, 5) is 24.1. The number of amides is 1. The second-order valence-electron chi connectivity index (χ2n) is 6.73. The number of thiazole rings is 1. The first-order chi connectivity index (χ1) is 14.2. The summed E-state index contributed by atoms with van der Waals surface area (Å²) in [5.74, 6) is -0.0276. The van der Waals surface area contributed by atoms with E-state index in [1.165, 1.54) is 5.56 Å². The first-order valence-corrected chi connectivity index (χ1v) is 11.2. The van der Waals surface area contributed by atoms with E-state index < -0.39 is 0 Å². The van der Waals surface area contributed by atoms with Crippen LogP contribution in [-0.4, -0.2) is 27.0 Å². The molecule has 0 aliphatic heterocycles. The Morgan fingerprint density at radius 3 is 2.70 bits per heavy atom. The van der Waals surface area contributed by atoms with E-state index in [0.717, 1.165) is 39.2 Å². The SMILES string of the molecule is CCc1cccc2sc(N(CCCn3ccnc3)C(=O)c3ccc(Br)cc3)nc12.Cl. The van der Waals surface area contributed by atoms with Gasteiger partial charge in [0.1, 0.15) is 0 Å². The molecule has 2 aromatic heterocycles. The molecule has 0 spiro atoms. The molecule has 0 aliphatic carbocycles. The number of rotatable bonds is 7. The largest absolute Gasteiger partial charge is 0.337 e. The number of carbonyl (C=O) groups is 1. The second-order valence-corrected chi connectivity index (χ2v) is 8.66. The van der Waals surface area contributed by atoms with Crippen molar-refractivity contribution < 1.29 is 4.79 Å². The van der Waals surface area contributed by atoms with Crippen LogP contribution >= 0.6 is 39.7 Å². The minimum absolute atomic E-state index is 0. The van der Waals surface area contributed by atoms with Crippen LogP contribution in [0.2, 0.25) is 0 Å². The van der Waals surface area contributed by atoms with Gasteiger partial charge >= 0.3 is 0 Å². The first-order valence-electron chi connectivity index (χ1n) is 9.57. The number of benzene rings is 2. The highest BCUT2D eigenvalue weighted by atomic mass is 79.9. The van der Waals surface area contributed by atoms with E-state index in [1.54, 1.807) is 23.9 Å². The number of aromatic nitrogens is 3. The fourth-order valence-corrected chi connectivity index (χ4v) is 4.56. The summed E-state index contributed by atoms with van der Waals surface area (Å²) < 4.78 is 4.09. The van der Waals surface area contributed by atoms with Crippen LogP contribution < -0.4 is 4.90 Å². The average molecular weight is 506 g/mol. The van der Waals surface area contributed by atoms with Crippen molar-refractivity contribution in [1.82, 2.24) is 14.5 Å². The standard InChI is InChI=1S/C22H21BrN4OS.ClH/c1-2-16-5-3-6-19-20(16)25-22(29-19)27(13-4-12-26-14-11-24-15-26)21(28)17-7-9-18(23)10-8-17;/h3,5-11,14-15H,2,4,12-13H2,1H3;1H. The lowest BCUT2D eigenvalue weighted by Crippen LogP contribution is -2.32. The van der Waals surface area contributed by atoms with Gasteiger partial charge in [-0.25, -0.2) is 9.97 Å². The van der Waals surface area contributed by atoms with Gasteiger partial charge in [0, 0.05) is 35.5 Å². The summed E-state index contributed by atoms with van der Waals surface area (Å²) in [6.45, 7) is 3.52. The van der Waals surface area contributed by atoms with Crippen LogP contribution in [-0.2, 0) is 13.0 Å². The smallest absolute Gasteiger partial charge is 0.260 e. The molecule has 2 aromatic carbocycles. The summed E-state index contributed by atoms with van der Waals surface area (Å²) in [5, 5.41) is 0.749. The summed E-state index contributed by atoms with van der Waals surface area (Å²) in [5.41, 5.74) is 2.86.